The second-order valence-electron chi connectivity index (χ2n) is 1.67. The van der Waals surface area contributed by atoms with Gasteiger partial charge >= 0.3 is 5.97 Å². The van der Waals surface area contributed by atoms with E-state index >= 15 is 0 Å². The summed E-state index contributed by atoms with van der Waals surface area (Å²) in [5.74, 6) is -0.105. The average Bonchev–Trinajstić information content (AvgIpc) is 1.68. The highest BCUT2D eigenvalue weighted by molar-refractivity contribution is 14.2. The molecule has 0 aromatic rings. The van der Waals surface area contributed by atoms with Gasteiger partial charge in [0, 0.05) is 0 Å². The molecule has 0 aromatic carbocycles. The van der Waals surface area contributed by atoms with Crippen LogP contribution in [0.5, 0.6) is 0 Å². The third-order valence-corrected chi connectivity index (χ3v) is 3.70. The minimum absolute atomic E-state index is 0.0798. The Morgan fingerprint density at radius 3 is 2.25 bits per heavy atom. The lowest BCUT2D eigenvalue weighted by Gasteiger charge is -2.35. The van der Waals surface area contributed by atoms with Crippen molar-refractivity contribution in [2.24, 2.45) is 0 Å². The molecule has 4 heteroatoms. The zero-order valence-corrected chi connectivity index (χ0v) is 8.46. The number of cyclic esters (lactones) is 1. The Labute approximate surface area is 74.6 Å². The van der Waals surface area contributed by atoms with Crippen molar-refractivity contribution in [3.05, 3.63) is 0 Å². The van der Waals surface area contributed by atoms with Crippen LogP contribution in [-0.4, -0.2) is 13.5 Å². The summed E-state index contributed by atoms with van der Waals surface area (Å²) in [4.78, 5) is 10.5. The van der Waals surface area contributed by atoms with Crippen LogP contribution in [0.4, 0.5) is 0 Å². The Hall–Kier alpha value is 0.930. The maximum Gasteiger partial charge on any atom is 0.336 e. The van der Waals surface area contributed by atoms with Gasteiger partial charge < -0.3 is 4.74 Å². The molecule has 46 valence electrons. The van der Waals surface area contributed by atoms with Crippen LogP contribution in [-0.2, 0) is 9.53 Å². The quantitative estimate of drug-likeness (QED) is 0.380. The summed E-state index contributed by atoms with van der Waals surface area (Å²) < 4.78 is 4.42. The molecule has 1 aliphatic rings. The van der Waals surface area contributed by atoms with Crippen LogP contribution in [0.3, 0.4) is 0 Å². The van der Waals surface area contributed by atoms with Gasteiger partial charge in [0.25, 0.3) is 0 Å². The van der Waals surface area contributed by atoms with Gasteiger partial charge in [0.1, 0.15) is 6.10 Å². The van der Waals surface area contributed by atoms with Crippen LogP contribution >= 0.6 is 45.2 Å². The van der Waals surface area contributed by atoms with Gasteiger partial charge in [-0.2, -0.15) is 0 Å². The predicted molar refractivity (Wildman–Crippen MR) is 46.3 cm³/mol. The van der Waals surface area contributed by atoms with E-state index in [1.165, 1.54) is 0 Å². The number of alkyl halides is 2. The van der Waals surface area contributed by atoms with Crippen molar-refractivity contribution in [2.75, 3.05) is 0 Å². The molecule has 0 radical (unpaired) electrons. The van der Waals surface area contributed by atoms with Crippen LogP contribution in [0.2, 0.25) is 0 Å². The van der Waals surface area contributed by atoms with E-state index in [4.69, 9.17) is 4.74 Å². The van der Waals surface area contributed by atoms with E-state index in [2.05, 4.69) is 45.2 Å². The van der Waals surface area contributed by atoms with Crippen molar-refractivity contribution in [2.45, 2.75) is 14.5 Å². The molecule has 0 saturated carbocycles. The molecule has 8 heavy (non-hydrogen) atoms. The Morgan fingerprint density at radius 2 is 2.25 bits per heavy atom. The van der Waals surface area contributed by atoms with E-state index in [0.717, 1.165) is 0 Å². The number of halogens is 2. The molecule has 2 nitrogen and oxygen atoms in total. The topological polar surface area (TPSA) is 26.3 Å². The first-order valence-electron chi connectivity index (χ1n) is 2.14. The number of esters is 1. The van der Waals surface area contributed by atoms with Crippen LogP contribution < -0.4 is 0 Å². The summed E-state index contributed by atoms with van der Waals surface area (Å²) in [6.45, 7) is 1.89. The molecule has 0 N–H and O–H groups in total. The second-order valence-corrected chi connectivity index (χ2v) is 7.14. The van der Waals surface area contributed by atoms with Crippen LogP contribution in [0, 0.1) is 0 Å². The highest BCUT2D eigenvalue weighted by Crippen LogP contribution is 2.42. The van der Waals surface area contributed by atoms with Gasteiger partial charge in [-0.05, 0) is 6.92 Å². The fourth-order valence-corrected chi connectivity index (χ4v) is 0.930. The van der Waals surface area contributed by atoms with Gasteiger partial charge in [-0.3, -0.25) is 0 Å². The molecule has 0 amide bonds. The van der Waals surface area contributed by atoms with Gasteiger partial charge in [0.05, 0.1) is 0 Å². The molecule has 1 heterocycles. The zero-order chi connectivity index (χ0) is 6.36. The number of rotatable bonds is 0. The van der Waals surface area contributed by atoms with Gasteiger partial charge in [-0.15, -0.1) is 0 Å². The third-order valence-electron chi connectivity index (χ3n) is 1.07. The molecular weight excluding hydrogens is 334 g/mol. The van der Waals surface area contributed by atoms with Crippen LogP contribution in [0.25, 0.3) is 0 Å². The van der Waals surface area contributed by atoms with Crippen LogP contribution in [0.15, 0.2) is 0 Å². The molecule has 1 unspecified atom stereocenters. The number of hydrogen-bond donors (Lipinski definition) is 0. The molecule has 1 fully saturated rings. The Kier molecular flexibility index (Phi) is 1.73. The van der Waals surface area contributed by atoms with Crippen molar-refractivity contribution < 1.29 is 9.53 Å². The molecular formula is C4H4I2O2. The largest absolute Gasteiger partial charge is 0.458 e. The van der Waals surface area contributed by atoms with Gasteiger partial charge in [0.2, 0.25) is 1.43 Å². The molecule has 0 aliphatic carbocycles. The van der Waals surface area contributed by atoms with E-state index in [-0.39, 0.29) is 13.5 Å². The van der Waals surface area contributed by atoms with E-state index in [1.807, 2.05) is 6.92 Å². The molecule has 1 rings (SSSR count). The van der Waals surface area contributed by atoms with E-state index in [0.29, 0.717) is 0 Å². The standard InChI is InChI=1S/C4H4I2O2/c1-2-4(5,6)3(7)8-2/h2H,1H3. The van der Waals surface area contributed by atoms with Crippen LogP contribution in [0.1, 0.15) is 6.92 Å². The first-order chi connectivity index (χ1) is 3.55. The van der Waals surface area contributed by atoms with Crippen molar-refractivity contribution in [3.8, 4) is 0 Å². The summed E-state index contributed by atoms with van der Waals surface area (Å²) >= 11 is 4.18. The summed E-state index contributed by atoms with van der Waals surface area (Å²) in [5.41, 5.74) is 0. The monoisotopic (exact) mass is 338 g/mol. The molecule has 1 saturated heterocycles. The van der Waals surface area contributed by atoms with Gasteiger partial charge in [0.15, 0.2) is 0 Å². The zero-order valence-electron chi connectivity index (χ0n) is 4.15. The fraction of sp³-hybridized carbons (Fsp3) is 0.750. The summed E-state index contributed by atoms with van der Waals surface area (Å²) in [6, 6.07) is 0. The Morgan fingerprint density at radius 1 is 1.75 bits per heavy atom. The molecule has 1 atom stereocenters. The third kappa shape index (κ3) is 0.850. The SMILES string of the molecule is CC1OC(=O)C1(I)I. The fourth-order valence-electron chi connectivity index (χ4n) is 0.421. The summed E-state index contributed by atoms with van der Waals surface area (Å²) in [5, 5.41) is 0. The van der Waals surface area contributed by atoms with E-state index < -0.39 is 0 Å². The minimum Gasteiger partial charge on any atom is -0.458 e. The number of ether oxygens (including phenoxy) is 1. The van der Waals surface area contributed by atoms with E-state index in [9.17, 15) is 4.79 Å². The number of carbonyl (C=O) groups is 1. The van der Waals surface area contributed by atoms with Gasteiger partial charge in [-0.1, -0.05) is 45.2 Å². The second kappa shape index (κ2) is 1.96. The maximum absolute atomic E-state index is 10.5. The molecule has 0 bridgehead atoms. The smallest absolute Gasteiger partial charge is 0.336 e. The summed E-state index contributed by atoms with van der Waals surface area (Å²) in [6.07, 6.45) is 0.0798. The first kappa shape index (κ1) is 7.04. The van der Waals surface area contributed by atoms with Crippen molar-refractivity contribution >= 4 is 51.2 Å². The lowest BCUT2D eigenvalue weighted by atomic mass is 10.2. The average molecular weight is 338 g/mol. The van der Waals surface area contributed by atoms with Crippen molar-refractivity contribution in [1.29, 1.82) is 0 Å². The number of hydrogen-bond acceptors (Lipinski definition) is 2. The Bertz CT molecular complexity index is 132. The first-order valence-corrected chi connectivity index (χ1v) is 4.30. The van der Waals surface area contributed by atoms with Gasteiger partial charge in [-0.25, -0.2) is 4.79 Å². The van der Waals surface area contributed by atoms with E-state index in [1.54, 1.807) is 0 Å². The predicted octanol–water partition coefficient (Wildman–Crippen LogP) is 1.50. The molecule has 0 spiro atoms. The normalized spacial score (nSPS) is 33.4. The lowest BCUT2D eigenvalue weighted by molar-refractivity contribution is -0.165. The molecule has 1 aliphatic heterocycles. The minimum atomic E-state index is -0.282. The lowest BCUT2D eigenvalue weighted by Crippen LogP contribution is -2.51. The Balaban J connectivity index is 2.66. The number of carbonyl (C=O) groups excluding carboxylic acids is 1. The van der Waals surface area contributed by atoms with Crippen molar-refractivity contribution in [3.63, 3.8) is 0 Å². The molecule has 0 aromatic heterocycles. The highest BCUT2D eigenvalue weighted by Gasteiger charge is 2.51. The highest BCUT2D eigenvalue weighted by atomic mass is 127. The van der Waals surface area contributed by atoms with Crippen molar-refractivity contribution in [1.82, 2.24) is 0 Å². The summed E-state index contributed by atoms with van der Waals surface area (Å²) in [7, 11) is 0. The maximum atomic E-state index is 10.5.